The van der Waals surface area contributed by atoms with Gasteiger partial charge in [-0.3, -0.25) is 9.59 Å². The Morgan fingerprint density at radius 2 is 1.77 bits per heavy atom. The maximum Gasteiger partial charge on any atom is 0.246 e. The third kappa shape index (κ3) is 6.22. The molecule has 2 aromatic rings. The summed E-state index contributed by atoms with van der Waals surface area (Å²) in [4.78, 5) is 30.7. The highest BCUT2D eigenvalue weighted by atomic mass is 16.2. The number of hydrogen-bond donors (Lipinski definition) is 3. The molecule has 208 valence electrons. The Hall–Kier alpha value is -3.12. The first-order valence-electron chi connectivity index (χ1n) is 14.9. The van der Waals surface area contributed by atoms with E-state index in [1.165, 1.54) is 40.1 Å². The van der Waals surface area contributed by atoms with Crippen LogP contribution in [0, 0.1) is 5.92 Å². The lowest BCUT2D eigenvalue weighted by Gasteiger charge is -2.38. The van der Waals surface area contributed by atoms with Crippen molar-refractivity contribution in [2.24, 2.45) is 11.7 Å². The molecule has 0 bridgehead atoms. The highest BCUT2D eigenvalue weighted by molar-refractivity contribution is 5.92. The number of carbonyl (C=O) groups is 2. The molecule has 5 rings (SSSR count). The third-order valence-corrected chi connectivity index (χ3v) is 9.31. The zero-order valence-corrected chi connectivity index (χ0v) is 23.5. The Kier molecular flexibility index (Phi) is 8.71. The average Bonchev–Trinajstić information content (AvgIpc) is 3.61. The maximum atomic E-state index is 12.9. The van der Waals surface area contributed by atoms with Crippen molar-refractivity contribution in [1.29, 1.82) is 0 Å². The molecule has 2 fully saturated rings. The van der Waals surface area contributed by atoms with Crippen LogP contribution < -0.4 is 21.6 Å². The third-order valence-electron chi connectivity index (χ3n) is 9.31. The molecule has 2 aliphatic carbocycles. The van der Waals surface area contributed by atoms with Crippen molar-refractivity contribution >= 4 is 30.0 Å². The fraction of sp³-hybridized carbons (Fsp3) is 0.515. The number of amides is 2. The number of piperidine rings is 1. The average molecular weight is 529 g/mol. The smallest absolute Gasteiger partial charge is 0.246 e. The van der Waals surface area contributed by atoms with Crippen molar-refractivity contribution in [1.82, 2.24) is 15.2 Å². The topological polar surface area (TPSA) is 91.2 Å². The van der Waals surface area contributed by atoms with Gasteiger partial charge in [0.1, 0.15) is 0 Å². The van der Waals surface area contributed by atoms with Gasteiger partial charge in [-0.05, 0) is 117 Å². The second-order valence-electron chi connectivity index (χ2n) is 11.6. The molecule has 1 saturated heterocycles. The quantitative estimate of drug-likeness (QED) is 0.480. The summed E-state index contributed by atoms with van der Waals surface area (Å²) in [7, 11) is 0. The number of benzene rings is 1. The standard InChI is InChI=1S/C33H44N4O2/c1-3-28-29(21-35-30(28)4-2)24-11-13-27(14-12-24)36-32(33(34)39)25-16-18-37(19-17-25)31(38)15-9-22-8-10-23-6-5-7-26(23)20-22/h3-4,8-10,15,20-21,24-25,27,32,35-36H,5-7,11-14,16-19H2,1-2H3,(H2,34,39). The van der Waals surface area contributed by atoms with Gasteiger partial charge in [-0.2, -0.15) is 0 Å². The number of aryl methyl sites for hydroxylation is 2. The summed E-state index contributed by atoms with van der Waals surface area (Å²) in [5.74, 6) is 0.493. The molecule has 1 atom stereocenters. The van der Waals surface area contributed by atoms with E-state index in [0.717, 1.165) is 50.5 Å². The van der Waals surface area contributed by atoms with Crippen LogP contribution in [0.25, 0.3) is 18.2 Å². The van der Waals surface area contributed by atoms with Gasteiger partial charge in [0.2, 0.25) is 11.8 Å². The molecular weight excluding hydrogens is 484 g/mol. The summed E-state index contributed by atoms with van der Waals surface area (Å²) in [6.45, 7) is 5.50. The number of aromatic amines is 1. The van der Waals surface area contributed by atoms with Crippen LogP contribution in [0.5, 0.6) is 0 Å². The predicted molar refractivity (Wildman–Crippen MR) is 158 cm³/mol. The second-order valence-corrected chi connectivity index (χ2v) is 11.6. The van der Waals surface area contributed by atoms with E-state index >= 15 is 0 Å². The van der Waals surface area contributed by atoms with Gasteiger partial charge in [-0.15, -0.1) is 0 Å². The van der Waals surface area contributed by atoms with E-state index in [9.17, 15) is 9.59 Å². The molecule has 0 spiro atoms. The number of rotatable bonds is 7. The molecular formula is C33H44N4O2. The molecule has 1 aromatic heterocycles. The van der Waals surface area contributed by atoms with E-state index in [0.29, 0.717) is 25.0 Å². The number of carbonyl (C=O) groups excluding carboxylic acids is 2. The fourth-order valence-electron chi connectivity index (χ4n) is 7.06. The monoisotopic (exact) mass is 528 g/mol. The van der Waals surface area contributed by atoms with Gasteiger partial charge in [-0.25, -0.2) is 0 Å². The van der Waals surface area contributed by atoms with E-state index in [4.69, 9.17) is 5.73 Å². The normalized spacial score (nSPS) is 23.9. The van der Waals surface area contributed by atoms with Crippen LogP contribution in [0.15, 0.2) is 30.5 Å². The van der Waals surface area contributed by atoms with Crippen LogP contribution in [-0.2, 0) is 22.4 Å². The number of nitrogens with zero attached hydrogens (tertiary/aromatic N) is 1. The number of fused-ring (bicyclic) bond motifs is 1. The Morgan fingerprint density at radius 1 is 1.03 bits per heavy atom. The Bertz CT molecular complexity index is 1320. The minimum absolute atomic E-state index is 0.0492. The molecule has 4 N–H and O–H groups in total. The van der Waals surface area contributed by atoms with E-state index in [1.807, 2.05) is 11.0 Å². The first-order valence-corrected chi connectivity index (χ1v) is 14.9. The number of primary amides is 1. The van der Waals surface area contributed by atoms with Crippen LogP contribution in [0.2, 0.25) is 0 Å². The highest BCUT2D eigenvalue weighted by Gasteiger charge is 2.34. The number of H-pyrrole nitrogens is 1. The van der Waals surface area contributed by atoms with E-state index in [-0.39, 0.29) is 23.8 Å². The predicted octanol–water partition coefficient (Wildman–Crippen LogP) is 3.53. The summed E-state index contributed by atoms with van der Waals surface area (Å²) in [6, 6.07) is 6.49. The largest absolute Gasteiger partial charge is 0.368 e. The summed E-state index contributed by atoms with van der Waals surface area (Å²) in [5, 5.41) is 6.16. The van der Waals surface area contributed by atoms with Gasteiger partial charge in [0.15, 0.2) is 0 Å². The van der Waals surface area contributed by atoms with Crippen LogP contribution in [-0.4, -0.2) is 46.9 Å². The van der Waals surface area contributed by atoms with Crippen molar-refractivity contribution in [2.45, 2.75) is 89.6 Å². The lowest BCUT2D eigenvalue weighted by atomic mass is 9.81. The Morgan fingerprint density at radius 3 is 2.46 bits per heavy atom. The van der Waals surface area contributed by atoms with Crippen LogP contribution >= 0.6 is 0 Å². The molecule has 3 aliphatic rings. The minimum atomic E-state index is -0.334. The summed E-state index contributed by atoms with van der Waals surface area (Å²) < 4.78 is 0. The molecule has 6 heteroatoms. The number of nitrogens with two attached hydrogens (primary N) is 1. The number of aromatic nitrogens is 1. The number of nitrogens with one attached hydrogen (secondary N) is 2. The molecule has 1 saturated carbocycles. The number of likely N-dealkylation sites (tertiary alicyclic amines) is 1. The van der Waals surface area contributed by atoms with Gasteiger partial charge in [-0.1, -0.05) is 30.4 Å². The van der Waals surface area contributed by atoms with Gasteiger partial charge in [0.05, 0.1) is 6.04 Å². The van der Waals surface area contributed by atoms with E-state index in [2.05, 4.69) is 60.7 Å². The van der Waals surface area contributed by atoms with Crippen molar-refractivity contribution in [3.63, 3.8) is 0 Å². The highest BCUT2D eigenvalue weighted by Crippen LogP contribution is 2.32. The first-order chi connectivity index (χ1) is 19.0. The van der Waals surface area contributed by atoms with E-state index in [1.54, 1.807) is 6.08 Å². The zero-order valence-electron chi connectivity index (χ0n) is 23.5. The number of hydrogen-bond acceptors (Lipinski definition) is 3. The lowest BCUT2D eigenvalue weighted by molar-refractivity contribution is -0.128. The fourth-order valence-corrected chi connectivity index (χ4v) is 7.06. The minimum Gasteiger partial charge on any atom is -0.368 e. The van der Waals surface area contributed by atoms with Crippen molar-refractivity contribution in [2.75, 3.05) is 13.1 Å². The van der Waals surface area contributed by atoms with Crippen molar-refractivity contribution in [3.05, 3.63) is 63.3 Å². The molecule has 39 heavy (non-hydrogen) atoms. The lowest BCUT2D eigenvalue weighted by Crippen LogP contribution is -2.54. The SMILES string of the molecule is CC=c1[nH]cc(C2CCC(NC(C(N)=O)C3CCN(C(=O)C=Cc4ccc5c(c4)CCC5)CC3)CC2)c1=CC. The summed E-state index contributed by atoms with van der Waals surface area (Å²) in [6.07, 6.45) is 19.6. The van der Waals surface area contributed by atoms with Gasteiger partial charge < -0.3 is 20.9 Å². The molecule has 2 amide bonds. The van der Waals surface area contributed by atoms with Crippen LogP contribution in [0.4, 0.5) is 0 Å². The summed E-state index contributed by atoms with van der Waals surface area (Å²) >= 11 is 0. The Balaban J connectivity index is 1.12. The molecule has 1 aliphatic heterocycles. The van der Waals surface area contributed by atoms with Crippen molar-refractivity contribution in [3.8, 4) is 0 Å². The first kappa shape index (κ1) is 27.4. The van der Waals surface area contributed by atoms with Gasteiger partial charge >= 0.3 is 0 Å². The van der Waals surface area contributed by atoms with Crippen LogP contribution in [0.3, 0.4) is 0 Å². The van der Waals surface area contributed by atoms with Crippen LogP contribution in [0.1, 0.15) is 87.0 Å². The zero-order chi connectivity index (χ0) is 27.4. The van der Waals surface area contributed by atoms with E-state index < -0.39 is 0 Å². The maximum absolute atomic E-state index is 12.9. The molecule has 1 unspecified atom stereocenters. The van der Waals surface area contributed by atoms with Gasteiger partial charge in [0.25, 0.3) is 0 Å². The Labute approximate surface area is 232 Å². The second kappa shape index (κ2) is 12.4. The molecule has 0 radical (unpaired) electrons. The molecule has 2 heterocycles. The van der Waals surface area contributed by atoms with Gasteiger partial charge in [0, 0.05) is 36.8 Å². The molecule has 6 nitrogen and oxygen atoms in total. The van der Waals surface area contributed by atoms with Crippen molar-refractivity contribution < 1.29 is 9.59 Å². The summed E-state index contributed by atoms with van der Waals surface area (Å²) in [5.41, 5.74) is 11.3. The molecule has 1 aromatic carbocycles.